The fraction of sp³-hybridized carbons (Fsp3) is 0.250. The first kappa shape index (κ1) is 12.4. The van der Waals surface area contributed by atoms with Gasteiger partial charge in [-0.2, -0.15) is 0 Å². The molecule has 17 heavy (non-hydrogen) atoms. The van der Waals surface area contributed by atoms with Crippen molar-refractivity contribution in [1.82, 2.24) is 0 Å². The van der Waals surface area contributed by atoms with Crippen LogP contribution in [-0.4, -0.2) is 21.6 Å². The first-order chi connectivity index (χ1) is 8.18. The summed E-state index contributed by atoms with van der Waals surface area (Å²) in [5, 5.41) is 2.77. The first-order valence-corrected chi connectivity index (χ1v) is 7.57. The number of nitrogens with one attached hydrogen (secondary N) is 1. The van der Waals surface area contributed by atoms with Crippen LogP contribution in [0.1, 0.15) is 6.92 Å². The Morgan fingerprint density at radius 3 is 2.71 bits per heavy atom. The maximum Gasteiger partial charge on any atom is 0.265 e. The summed E-state index contributed by atoms with van der Waals surface area (Å²) in [5.41, 5.74) is 0.727. The maximum atomic E-state index is 12.0. The summed E-state index contributed by atoms with van der Waals surface area (Å²) in [6, 6.07) is 9.21. The largest absolute Gasteiger partial charge is 0.321 e. The fourth-order valence-electron chi connectivity index (χ4n) is 1.57. The Morgan fingerprint density at radius 2 is 2.06 bits per heavy atom. The Hall–Kier alpha value is -1.07. The lowest BCUT2D eigenvalue weighted by Gasteiger charge is -2.16. The summed E-state index contributed by atoms with van der Waals surface area (Å²) in [4.78, 5) is 13.3. The average Bonchev–Trinajstić information content (AvgIpc) is 2.30. The summed E-state index contributed by atoms with van der Waals surface area (Å²) in [6.45, 7) is 1.85. The van der Waals surface area contributed by atoms with Crippen molar-refractivity contribution in [3.05, 3.63) is 40.1 Å². The molecule has 1 aromatic rings. The van der Waals surface area contributed by atoms with E-state index >= 15 is 0 Å². The highest BCUT2D eigenvalue weighted by molar-refractivity contribution is 8.06. The minimum absolute atomic E-state index is 0.251. The highest BCUT2D eigenvalue weighted by Gasteiger charge is 2.23. The van der Waals surface area contributed by atoms with Crippen LogP contribution >= 0.6 is 11.8 Å². The van der Waals surface area contributed by atoms with Crippen LogP contribution in [0.25, 0.3) is 0 Å². The number of anilines is 1. The van der Waals surface area contributed by atoms with Gasteiger partial charge in [0.05, 0.1) is 10.8 Å². The Kier molecular flexibility index (Phi) is 4.02. The SMILES string of the molecule is CC1=C(C(=O)Nc2ccccc2)S(=O)CCS1. The Balaban J connectivity index is 2.18. The minimum atomic E-state index is -1.17. The summed E-state index contributed by atoms with van der Waals surface area (Å²) in [7, 11) is -1.17. The monoisotopic (exact) mass is 267 g/mol. The second-order valence-electron chi connectivity index (χ2n) is 3.60. The van der Waals surface area contributed by atoms with Crippen molar-refractivity contribution in [3.8, 4) is 0 Å². The Morgan fingerprint density at radius 1 is 1.35 bits per heavy atom. The second-order valence-corrected chi connectivity index (χ2v) is 6.42. The zero-order valence-electron chi connectivity index (χ0n) is 9.43. The zero-order valence-corrected chi connectivity index (χ0v) is 11.1. The van der Waals surface area contributed by atoms with E-state index in [9.17, 15) is 9.00 Å². The molecule has 0 saturated carbocycles. The highest BCUT2D eigenvalue weighted by Crippen LogP contribution is 2.27. The molecule has 3 nitrogen and oxygen atoms in total. The molecule has 0 aliphatic carbocycles. The van der Waals surface area contributed by atoms with Gasteiger partial charge in [-0.15, -0.1) is 11.8 Å². The van der Waals surface area contributed by atoms with Crippen molar-refractivity contribution in [1.29, 1.82) is 0 Å². The van der Waals surface area contributed by atoms with E-state index in [1.54, 1.807) is 11.8 Å². The van der Waals surface area contributed by atoms with Crippen LogP contribution < -0.4 is 5.32 Å². The number of thioether (sulfide) groups is 1. The van der Waals surface area contributed by atoms with Crippen molar-refractivity contribution < 1.29 is 9.00 Å². The number of hydrogen-bond donors (Lipinski definition) is 1. The predicted octanol–water partition coefficient (Wildman–Crippen LogP) is 2.35. The first-order valence-electron chi connectivity index (χ1n) is 5.27. The molecule has 1 aromatic carbocycles. The minimum Gasteiger partial charge on any atom is -0.321 e. The quantitative estimate of drug-likeness (QED) is 0.894. The number of allylic oxidation sites excluding steroid dienone is 1. The van der Waals surface area contributed by atoms with E-state index in [1.165, 1.54) is 0 Å². The second kappa shape index (κ2) is 5.51. The van der Waals surface area contributed by atoms with Gasteiger partial charge in [-0.1, -0.05) is 18.2 Å². The van der Waals surface area contributed by atoms with Crippen LogP contribution in [-0.2, 0) is 15.6 Å². The van der Waals surface area contributed by atoms with E-state index in [0.29, 0.717) is 10.7 Å². The number of para-hydroxylation sites is 1. The van der Waals surface area contributed by atoms with E-state index in [-0.39, 0.29) is 5.91 Å². The van der Waals surface area contributed by atoms with E-state index in [1.807, 2.05) is 37.3 Å². The van der Waals surface area contributed by atoms with Gasteiger partial charge < -0.3 is 5.32 Å². The average molecular weight is 267 g/mol. The third kappa shape index (κ3) is 2.98. The van der Waals surface area contributed by atoms with Crippen molar-refractivity contribution in [2.45, 2.75) is 6.92 Å². The molecule has 1 amide bonds. The summed E-state index contributed by atoms with van der Waals surface area (Å²) < 4.78 is 11.8. The van der Waals surface area contributed by atoms with Gasteiger partial charge in [-0.05, 0) is 19.1 Å². The zero-order chi connectivity index (χ0) is 12.3. The molecule has 0 radical (unpaired) electrons. The predicted molar refractivity (Wildman–Crippen MR) is 73.2 cm³/mol. The van der Waals surface area contributed by atoms with Crippen molar-refractivity contribution in [3.63, 3.8) is 0 Å². The van der Waals surface area contributed by atoms with Crippen LogP contribution in [0, 0.1) is 0 Å². The highest BCUT2D eigenvalue weighted by atomic mass is 32.2. The number of hydrogen-bond acceptors (Lipinski definition) is 3. The van der Waals surface area contributed by atoms with Gasteiger partial charge in [-0.3, -0.25) is 9.00 Å². The van der Waals surface area contributed by atoms with Crippen LogP contribution in [0.3, 0.4) is 0 Å². The van der Waals surface area contributed by atoms with Gasteiger partial charge in [0.2, 0.25) is 0 Å². The summed E-state index contributed by atoms with van der Waals surface area (Å²) in [5.74, 6) is 1.12. The summed E-state index contributed by atoms with van der Waals surface area (Å²) in [6.07, 6.45) is 0. The lowest BCUT2D eigenvalue weighted by Crippen LogP contribution is -2.22. The van der Waals surface area contributed by atoms with Crippen LogP contribution in [0.4, 0.5) is 5.69 Å². The maximum absolute atomic E-state index is 12.0. The van der Waals surface area contributed by atoms with E-state index in [4.69, 9.17) is 0 Å². The fourth-order valence-corrected chi connectivity index (χ4v) is 4.28. The third-order valence-electron chi connectivity index (χ3n) is 2.37. The molecule has 1 unspecified atom stereocenters. The van der Waals surface area contributed by atoms with Gasteiger partial charge >= 0.3 is 0 Å². The van der Waals surface area contributed by atoms with Gasteiger partial charge in [0.25, 0.3) is 5.91 Å². The number of carbonyl (C=O) groups is 1. The molecular formula is C12H13NO2S2. The van der Waals surface area contributed by atoms with Crippen LogP contribution in [0.2, 0.25) is 0 Å². The number of amides is 1. The molecule has 5 heteroatoms. The molecule has 0 spiro atoms. The molecular weight excluding hydrogens is 254 g/mol. The van der Waals surface area contributed by atoms with E-state index in [0.717, 1.165) is 16.3 Å². The molecule has 0 aromatic heterocycles. The normalized spacial score (nSPS) is 20.2. The van der Waals surface area contributed by atoms with Gasteiger partial charge in [0.1, 0.15) is 4.91 Å². The standard InChI is InChI=1S/C12H13NO2S2/c1-9-11(17(15)8-7-16-9)12(14)13-10-5-3-2-4-6-10/h2-6H,7-8H2,1H3,(H,13,14). The molecule has 90 valence electrons. The smallest absolute Gasteiger partial charge is 0.265 e. The molecule has 0 saturated heterocycles. The number of carbonyl (C=O) groups excluding carboxylic acids is 1. The number of benzene rings is 1. The molecule has 1 aliphatic rings. The molecule has 0 bridgehead atoms. The van der Waals surface area contributed by atoms with Crippen molar-refractivity contribution in [2.24, 2.45) is 0 Å². The molecule has 1 aliphatic heterocycles. The van der Waals surface area contributed by atoms with Gasteiger partial charge in [0, 0.05) is 22.1 Å². The molecule has 2 rings (SSSR count). The third-order valence-corrected chi connectivity index (χ3v) is 5.33. The topological polar surface area (TPSA) is 46.2 Å². The molecule has 1 atom stereocenters. The molecule has 1 N–H and O–H groups in total. The van der Waals surface area contributed by atoms with Gasteiger partial charge in [0.15, 0.2) is 0 Å². The van der Waals surface area contributed by atoms with Crippen molar-refractivity contribution in [2.75, 3.05) is 16.8 Å². The summed E-state index contributed by atoms with van der Waals surface area (Å²) >= 11 is 1.59. The number of rotatable bonds is 2. The Bertz CT molecular complexity index is 483. The van der Waals surface area contributed by atoms with E-state index < -0.39 is 10.8 Å². The van der Waals surface area contributed by atoms with E-state index in [2.05, 4.69) is 5.32 Å². The molecule has 1 heterocycles. The van der Waals surface area contributed by atoms with Crippen LogP contribution in [0.15, 0.2) is 40.1 Å². The Labute approximate surface area is 107 Å². The van der Waals surface area contributed by atoms with Crippen molar-refractivity contribution >= 4 is 34.2 Å². The lowest BCUT2D eigenvalue weighted by molar-refractivity contribution is -0.112. The van der Waals surface area contributed by atoms with Gasteiger partial charge in [-0.25, -0.2) is 0 Å². The molecule has 0 fully saturated rings. The lowest BCUT2D eigenvalue weighted by atomic mass is 10.3. The van der Waals surface area contributed by atoms with Crippen LogP contribution in [0.5, 0.6) is 0 Å².